The largest absolute Gasteiger partial charge is 0.275 e. The van der Waals surface area contributed by atoms with Gasteiger partial charge in [0.05, 0.1) is 0 Å². The second-order valence-electron chi connectivity index (χ2n) is 4.27. The van der Waals surface area contributed by atoms with Crippen molar-refractivity contribution in [3.05, 3.63) is 66.0 Å². The minimum Gasteiger partial charge on any atom is -0.275 e. The van der Waals surface area contributed by atoms with Gasteiger partial charge in [-0.15, -0.1) is 0 Å². The van der Waals surface area contributed by atoms with Crippen LogP contribution in [-0.2, 0) is 5.75 Å². The number of pyridine rings is 1. The molecule has 3 aromatic rings. The average molecular weight is 254 g/mol. The molecule has 0 N–H and O–H groups in total. The highest BCUT2D eigenvalue weighted by Gasteiger charge is 2.04. The van der Waals surface area contributed by atoms with Gasteiger partial charge in [-0.2, -0.15) is 0 Å². The van der Waals surface area contributed by atoms with Gasteiger partial charge in [-0.3, -0.25) is 3.97 Å². The lowest BCUT2D eigenvalue weighted by Crippen LogP contribution is -1.89. The zero-order chi connectivity index (χ0) is 12.4. The molecule has 0 saturated carbocycles. The number of nitrogens with zero attached hydrogens (tertiary/aromatic N) is 2. The molecule has 2 nitrogen and oxygen atoms in total. The molecule has 0 amide bonds. The van der Waals surface area contributed by atoms with Crippen molar-refractivity contribution >= 4 is 23.0 Å². The van der Waals surface area contributed by atoms with E-state index in [0.29, 0.717) is 0 Å². The first kappa shape index (κ1) is 11.4. The Kier molecular flexibility index (Phi) is 3.07. The van der Waals surface area contributed by atoms with E-state index >= 15 is 0 Å². The van der Waals surface area contributed by atoms with Gasteiger partial charge in [0.1, 0.15) is 5.65 Å². The number of hydrogen-bond donors (Lipinski definition) is 0. The molecule has 0 aliphatic rings. The van der Waals surface area contributed by atoms with Crippen molar-refractivity contribution in [2.45, 2.75) is 12.7 Å². The number of hydrogen-bond acceptors (Lipinski definition) is 2. The molecule has 3 rings (SSSR count). The van der Waals surface area contributed by atoms with Gasteiger partial charge in [0.25, 0.3) is 0 Å². The summed E-state index contributed by atoms with van der Waals surface area (Å²) in [5, 5.41) is 1.23. The van der Waals surface area contributed by atoms with E-state index in [-0.39, 0.29) is 0 Å². The molecule has 0 atom stereocenters. The normalized spacial score (nSPS) is 10.9. The van der Waals surface area contributed by atoms with Crippen LogP contribution in [0, 0.1) is 6.92 Å². The Hall–Kier alpha value is -1.74. The quantitative estimate of drug-likeness (QED) is 0.702. The number of benzene rings is 1. The zero-order valence-electron chi connectivity index (χ0n) is 10.2. The van der Waals surface area contributed by atoms with Crippen LogP contribution in [0.25, 0.3) is 11.0 Å². The molecule has 1 aromatic carbocycles. The molecule has 0 fully saturated rings. The van der Waals surface area contributed by atoms with Crippen LogP contribution in [0.2, 0.25) is 0 Å². The first-order chi connectivity index (χ1) is 8.84. The van der Waals surface area contributed by atoms with E-state index in [1.165, 1.54) is 16.5 Å². The number of rotatable bonds is 3. The monoisotopic (exact) mass is 254 g/mol. The van der Waals surface area contributed by atoms with E-state index in [9.17, 15) is 0 Å². The third kappa shape index (κ3) is 2.14. The summed E-state index contributed by atoms with van der Waals surface area (Å²) in [6.07, 6.45) is 3.97. The third-order valence-electron chi connectivity index (χ3n) is 2.99. The van der Waals surface area contributed by atoms with Crippen LogP contribution >= 0.6 is 11.9 Å². The Balaban J connectivity index is 1.85. The Morgan fingerprint density at radius 2 is 1.94 bits per heavy atom. The SMILES string of the molecule is Cc1ccnc2c1ccn2SCc1ccccc1. The topological polar surface area (TPSA) is 17.8 Å². The van der Waals surface area contributed by atoms with Crippen molar-refractivity contribution in [2.75, 3.05) is 0 Å². The van der Waals surface area contributed by atoms with Crippen LogP contribution in [0.1, 0.15) is 11.1 Å². The van der Waals surface area contributed by atoms with Crippen molar-refractivity contribution < 1.29 is 0 Å². The summed E-state index contributed by atoms with van der Waals surface area (Å²) in [7, 11) is 0. The van der Waals surface area contributed by atoms with E-state index in [4.69, 9.17) is 0 Å². The molecule has 0 bridgehead atoms. The van der Waals surface area contributed by atoms with E-state index < -0.39 is 0 Å². The fourth-order valence-corrected chi connectivity index (χ4v) is 2.87. The van der Waals surface area contributed by atoms with Gasteiger partial charge >= 0.3 is 0 Å². The van der Waals surface area contributed by atoms with Crippen LogP contribution in [0.15, 0.2) is 54.9 Å². The lowest BCUT2D eigenvalue weighted by molar-refractivity contribution is 1.24. The molecule has 0 spiro atoms. The highest BCUT2D eigenvalue weighted by Crippen LogP contribution is 2.23. The van der Waals surface area contributed by atoms with Crippen molar-refractivity contribution in [3.63, 3.8) is 0 Å². The van der Waals surface area contributed by atoms with Crippen LogP contribution in [0.3, 0.4) is 0 Å². The second-order valence-corrected chi connectivity index (χ2v) is 5.21. The van der Waals surface area contributed by atoms with Crippen molar-refractivity contribution in [2.24, 2.45) is 0 Å². The molecule has 90 valence electrons. The Morgan fingerprint density at radius 1 is 1.11 bits per heavy atom. The molecular weight excluding hydrogens is 240 g/mol. The van der Waals surface area contributed by atoms with Gasteiger partial charge in [0.2, 0.25) is 0 Å². The molecule has 0 radical (unpaired) electrons. The van der Waals surface area contributed by atoms with Crippen molar-refractivity contribution in [3.8, 4) is 0 Å². The Labute approximate surface area is 111 Å². The highest BCUT2D eigenvalue weighted by molar-refractivity contribution is 7.97. The fourth-order valence-electron chi connectivity index (χ4n) is 1.97. The molecule has 0 saturated heterocycles. The summed E-state index contributed by atoms with van der Waals surface area (Å²) in [4.78, 5) is 4.46. The van der Waals surface area contributed by atoms with Gasteiger partial charge in [-0.25, -0.2) is 4.98 Å². The summed E-state index contributed by atoms with van der Waals surface area (Å²) in [5.74, 6) is 0.959. The van der Waals surface area contributed by atoms with Crippen LogP contribution in [-0.4, -0.2) is 8.96 Å². The number of aromatic nitrogens is 2. The smallest absolute Gasteiger partial charge is 0.150 e. The maximum absolute atomic E-state index is 4.46. The van der Waals surface area contributed by atoms with Gasteiger partial charge in [0, 0.05) is 23.5 Å². The summed E-state index contributed by atoms with van der Waals surface area (Å²) in [6, 6.07) is 14.7. The minimum atomic E-state index is 0.959. The molecule has 3 heteroatoms. The van der Waals surface area contributed by atoms with Gasteiger partial charge in [-0.1, -0.05) is 30.3 Å². The second kappa shape index (κ2) is 4.86. The van der Waals surface area contributed by atoms with Crippen molar-refractivity contribution in [1.29, 1.82) is 0 Å². The zero-order valence-corrected chi connectivity index (χ0v) is 11.0. The Bertz CT molecular complexity index is 659. The Morgan fingerprint density at radius 3 is 2.78 bits per heavy atom. The maximum atomic E-state index is 4.46. The summed E-state index contributed by atoms with van der Waals surface area (Å²) >= 11 is 1.77. The average Bonchev–Trinajstić information content (AvgIpc) is 2.82. The highest BCUT2D eigenvalue weighted by atomic mass is 32.2. The predicted molar refractivity (Wildman–Crippen MR) is 77.6 cm³/mol. The van der Waals surface area contributed by atoms with Gasteiger partial charge < -0.3 is 0 Å². The lowest BCUT2D eigenvalue weighted by Gasteiger charge is -2.04. The number of fused-ring (bicyclic) bond motifs is 1. The first-order valence-corrected chi connectivity index (χ1v) is 6.89. The van der Waals surface area contributed by atoms with Crippen LogP contribution < -0.4 is 0 Å². The van der Waals surface area contributed by atoms with Gasteiger partial charge in [-0.05, 0) is 42.1 Å². The molecule has 0 aliphatic heterocycles. The molecule has 0 aliphatic carbocycles. The predicted octanol–water partition coefficient (Wildman–Crippen LogP) is 4.04. The van der Waals surface area contributed by atoms with E-state index in [2.05, 4.69) is 58.5 Å². The molecule has 2 aromatic heterocycles. The summed E-state index contributed by atoms with van der Waals surface area (Å²) in [6.45, 7) is 2.12. The molecular formula is C15H14N2S. The van der Waals surface area contributed by atoms with E-state index in [0.717, 1.165) is 11.4 Å². The van der Waals surface area contributed by atoms with Crippen molar-refractivity contribution in [1.82, 2.24) is 8.96 Å². The third-order valence-corrected chi connectivity index (χ3v) is 4.02. The minimum absolute atomic E-state index is 0.959. The molecule has 2 heterocycles. The lowest BCUT2D eigenvalue weighted by atomic mass is 10.2. The van der Waals surface area contributed by atoms with Gasteiger partial charge in [0.15, 0.2) is 0 Å². The van der Waals surface area contributed by atoms with Crippen LogP contribution in [0.4, 0.5) is 0 Å². The maximum Gasteiger partial charge on any atom is 0.150 e. The standard InChI is InChI=1S/C15H14N2S/c1-12-7-9-16-15-14(12)8-10-17(15)18-11-13-5-3-2-4-6-13/h2-10H,11H2,1H3. The van der Waals surface area contributed by atoms with E-state index in [1.54, 1.807) is 11.9 Å². The molecule has 18 heavy (non-hydrogen) atoms. The van der Waals surface area contributed by atoms with E-state index in [1.807, 2.05) is 12.3 Å². The number of aryl methyl sites for hydroxylation is 1. The first-order valence-electron chi connectivity index (χ1n) is 5.94. The van der Waals surface area contributed by atoms with Crippen LogP contribution in [0.5, 0.6) is 0 Å². The molecule has 0 unspecified atom stereocenters. The fraction of sp³-hybridized carbons (Fsp3) is 0.133. The summed E-state index contributed by atoms with van der Waals surface area (Å²) in [5.41, 5.74) is 3.66. The summed E-state index contributed by atoms with van der Waals surface area (Å²) < 4.78 is 2.15.